The van der Waals surface area contributed by atoms with Crippen molar-refractivity contribution in [1.29, 1.82) is 0 Å². The van der Waals surface area contributed by atoms with Crippen LogP contribution in [0.25, 0.3) is 0 Å². The number of rotatable bonds is 6. The minimum atomic E-state index is -3.56. The molecule has 1 fully saturated rings. The molecule has 2 atom stereocenters. The third-order valence-corrected chi connectivity index (χ3v) is 6.40. The molecule has 140 valence electrons. The summed E-state index contributed by atoms with van der Waals surface area (Å²) < 4.78 is 27.5. The molecule has 1 N–H and O–H groups in total. The molecule has 0 aromatic heterocycles. The van der Waals surface area contributed by atoms with Gasteiger partial charge in [-0.25, -0.2) is 8.42 Å². The van der Waals surface area contributed by atoms with E-state index in [4.69, 9.17) is 0 Å². The van der Waals surface area contributed by atoms with E-state index >= 15 is 0 Å². The van der Waals surface area contributed by atoms with E-state index < -0.39 is 10.0 Å². The quantitative estimate of drug-likeness (QED) is 0.841. The number of hydrogen-bond acceptors (Lipinski definition) is 3. The first-order valence-corrected chi connectivity index (χ1v) is 10.5. The zero-order valence-electron chi connectivity index (χ0n) is 15.7. The molecule has 0 bridgehead atoms. The zero-order chi connectivity index (χ0) is 18.6. The van der Waals surface area contributed by atoms with Crippen molar-refractivity contribution in [3.05, 3.63) is 29.8 Å². The van der Waals surface area contributed by atoms with Crippen LogP contribution in [0.15, 0.2) is 29.2 Å². The average Bonchev–Trinajstić information content (AvgIpc) is 2.53. The Balaban J connectivity index is 2.15. The highest BCUT2D eigenvalue weighted by Gasteiger charge is 2.31. The number of benzene rings is 1. The van der Waals surface area contributed by atoms with Crippen molar-refractivity contribution < 1.29 is 13.2 Å². The van der Waals surface area contributed by atoms with Crippen molar-refractivity contribution in [2.45, 2.75) is 45.4 Å². The molecule has 0 spiro atoms. The lowest BCUT2D eigenvalue weighted by molar-refractivity contribution is 0.0952. The first-order valence-electron chi connectivity index (χ1n) is 9.08. The van der Waals surface area contributed by atoms with Gasteiger partial charge in [0.1, 0.15) is 0 Å². The monoisotopic (exact) mass is 366 g/mol. The van der Waals surface area contributed by atoms with Gasteiger partial charge in [0.05, 0.1) is 4.90 Å². The highest BCUT2D eigenvalue weighted by molar-refractivity contribution is 7.89. The summed E-state index contributed by atoms with van der Waals surface area (Å²) in [6.07, 6.45) is 1.94. The number of hydrogen-bond donors (Lipinski definition) is 1. The Morgan fingerprint density at radius 3 is 2.48 bits per heavy atom. The van der Waals surface area contributed by atoms with Crippen LogP contribution in [0.4, 0.5) is 0 Å². The number of nitrogens with one attached hydrogen (secondary N) is 1. The molecule has 1 heterocycles. The van der Waals surface area contributed by atoms with Crippen LogP contribution < -0.4 is 5.32 Å². The number of piperidine rings is 1. The van der Waals surface area contributed by atoms with Gasteiger partial charge in [-0.1, -0.05) is 33.8 Å². The Morgan fingerprint density at radius 1 is 1.24 bits per heavy atom. The van der Waals surface area contributed by atoms with Gasteiger partial charge in [0, 0.05) is 25.2 Å². The van der Waals surface area contributed by atoms with Crippen LogP contribution in [0.2, 0.25) is 0 Å². The second-order valence-electron chi connectivity index (χ2n) is 7.73. The molecule has 2 unspecified atom stereocenters. The van der Waals surface area contributed by atoms with Gasteiger partial charge in [-0.2, -0.15) is 4.31 Å². The Kier molecular flexibility index (Phi) is 6.63. The van der Waals surface area contributed by atoms with Crippen molar-refractivity contribution >= 4 is 15.9 Å². The Labute approximate surface area is 151 Å². The maximum Gasteiger partial charge on any atom is 0.251 e. The fourth-order valence-corrected chi connectivity index (χ4v) is 5.05. The van der Waals surface area contributed by atoms with Crippen molar-refractivity contribution in [2.24, 2.45) is 17.8 Å². The molecule has 1 amide bonds. The molecule has 0 radical (unpaired) electrons. The molecule has 6 heteroatoms. The van der Waals surface area contributed by atoms with Gasteiger partial charge in [-0.3, -0.25) is 4.79 Å². The van der Waals surface area contributed by atoms with E-state index in [0.717, 1.165) is 12.8 Å². The molecule has 5 nitrogen and oxygen atoms in total. The molecule has 0 saturated carbocycles. The summed E-state index contributed by atoms with van der Waals surface area (Å²) in [6.45, 7) is 10.0. The van der Waals surface area contributed by atoms with Gasteiger partial charge >= 0.3 is 0 Å². The highest BCUT2D eigenvalue weighted by atomic mass is 32.2. The molecular weight excluding hydrogens is 336 g/mol. The number of sulfonamides is 1. The lowest BCUT2D eigenvalue weighted by atomic mass is 9.94. The first kappa shape index (κ1) is 19.9. The molecule has 25 heavy (non-hydrogen) atoms. The largest absolute Gasteiger partial charge is 0.352 e. The Bertz CT molecular complexity index is 690. The van der Waals surface area contributed by atoms with Gasteiger partial charge in [0.25, 0.3) is 5.91 Å². The maximum absolute atomic E-state index is 13.0. The highest BCUT2D eigenvalue weighted by Crippen LogP contribution is 2.27. The smallest absolute Gasteiger partial charge is 0.251 e. The summed E-state index contributed by atoms with van der Waals surface area (Å²) >= 11 is 0. The predicted molar refractivity (Wildman–Crippen MR) is 99.9 cm³/mol. The fourth-order valence-electron chi connectivity index (χ4n) is 3.33. The van der Waals surface area contributed by atoms with Gasteiger partial charge in [-0.15, -0.1) is 0 Å². The van der Waals surface area contributed by atoms with E-state index in [9.17, 15) is 13.2 Å². The van der Waals surface area contributed by atoms with E-state index in [1.54, 1.807) is 22.5 Å². The molecule has 1 aliphatic heterocycles. The summed E-state index contributed by atoms with van der Waals surface area (Å²) in [5, 5.41) is 2.86. The first-order chi connectivity index (χ1) is 11.7. The number of amides is 1. The van der Waals surface area contributed by atoms with E-state index in [1.165, 1.54) is 6.07 Å². The predicted octanol–water partition coefficient (Wildman–Crippen LogP) is 3.13. The summed E-state index contributed by atoms with van der Waals surface area (Å²) in [6, 6.07) is 6.36. The number of carbonyl (C=O) groups excluding carboxylic acids is 1. The second-order valence-corrected chi connectivity index (χ2v) is 9.67. The van der Waals surface area contributed by atoms with Crippen LogP contribution in [-0.2, 0) is 10.0 Å². The SMILES string of the molecule is CC(C)CCNC(=O)c1cccc(S(=O)(=O)N2CC(C)CC(C)C2)c1. The zero-order valence-corrected chi connectivity index (χ0v) is 16.5. The normalized spacial score (nSPS) is 22.1. The van der Waals surface area contributed by atoms with E-state index in [0.29, 0.717) is 43.0 Å². The standard InChI is InChI=1S/C19H30N2O3S/c1-14(2)8-9-20-19(22)17-6-5-7-18(11-17)25(23,24)21-12-15(3)10-16(4)13-21/h5-7,11,14-16H,8-10,12-13H2,1-4H3,(H,20,22). The lowest BCUT2D eigenvalue weighted by Crippen LogP contribution is -2.42. The van der Waals surface area contributed by atoms with Gasteiger partial charge in [0.15, 0.2) is 0 Å². The maximum atomic E-state index is 13.0. The number of nitrogens with zero attached hydrogens (tertiary/aromatic N) is 1. The van der Waals surface area contributed by atoms with E-state index in [1.807, 2.05) is 0 Å². The minimum Gasteiger partial charge on any atom is -0.352 e. The third kappa shape index (κ3) is 5.28. The molecule has 1 aromatic carbocycles. The molecule has 1 saturated heterocycles. The van der Waals surface area contributed by atoms with Crippen molar-refractivity contribution in [1.82, 2.24) is 9.62 Å². The van der Waals surface area contributed by atoms with Gasteiger partial charge in [0.2, 0.25) is 10.0 Å². The van der Waals surface area contributed by atoms with E-state index in [-0.39, 0.29) is 10.8 Å². The average molecular weight is 367 g/mol. The van der Waals surface area contributed by atoms with Gasteiger partial charge < -0.3 is 5.32 Å². The summed E-state index contributed by atoms with van der Waals surface area (Å²) in [5.41, 5.74) is 0.392. The van der Waals surface area contributed by atoms with Crippen LogP contribution in [0.3, 0.4) is 0 Å². The Hall–Kier alpha value is -1.40. The van der Waals surface area contributed by atoms with Crippen LogP contribution in [0.1, 0.15) is 50.9 Å². The summed E-state index contributed by atoms with van der Waals surface area (Å²) in [5.74, 6) is 0.982. The van der Waals surface area contributed by atoms with Crippen molar-refractivity contribution in [3.8, 4) is 0 Å². The molecule has 2 rings (SSSR count). The van der Waals surface area contributed by atoms with Gasteiger partial charge in [-0.05, 0) is 48.8 Å². The second kappa shape index (κ2) is 8.32. The minimum absolute atomic E-state index is 0.199. The van der Waals surface area contributed by atoms with Crippen molar-refractivity contribution in [2.75, 3.05) is 19.6 Å². The summed E-state index contributed by atoms with van der Waals surface area (Å²) in [4.78, 5) is 12.5. The molecule has 1 aliphatic rings. The topological polar surface area (TPSA) is 66.5 Å². The Morgan fingerprint density at radius 2 is 1.88 bits per heavy atom. The molecular formula is C19H30N2O3S. The van der Waals surface area contributed by atoms with E-state index in [2.05, 4.69) is 33.0 Å². The van der Waals surface area contributed by atoms with Crippen molar-refractivity contribution in [3.63, 3.8) is 0 Å². The summed E-state index contributed by atoms with van der Waals surface area (Å²) in [7, 11) is -3.56. The molecule has 0 aliphatic carbocycles. The van der Waals surface area contributed by atoms with Crippen LogP contribution in [0.5, 0.6) is 0 Å². The third-order valence-electron chi connectivity index (χ3n) is 4.58. The lowest BCUT2D eigenvalue weighted by Gasteiger charge is -2.34. The molecule has 1 aromatic rings. The van der Waals surface area contributed by atoms with Crippen LogP contribution in [-0.4, -0.2) is 38.3 Å². The fraction of sp³-hybridized carbons (Fsp3) is 0.632. The number of carbonyl (C=O) groups is 1. The van der Waals surface area contributed by atoms with Crippen LogP contribution in [0, 0.1) is 17.8 Å². The van der Waals surface area contributed by atoms with Crippen LogP contribution >= 0.6 is 0 Å².